The molecule has 278 valence electrons. The topological polar surface area (TPSA) is 164 Å². The second kappa shape index (κ2) is 17.8. The normalized spacial score (nSPS) is 36.7. The van der Waals surface area contributed by atoms with Crippen molar-refractivity contribution < 1.29 is 57.5 Å². The Morgan fingerprint density at radius 1 is 1.10 bits per heavy atom. The summed E-state index contributed by atoms with van der Waals surface area (Å²) in [6.07, 6.45) is -1.24. The molecule has 0 bridgehead atoms. The van der Waals surface area contributed by atoms with Gasteiger partial charge in [-0.1, -0.05) is 26.8 Å². The Balaban J connectivity index is 2.82. The van der Waals surface area contributed by atoms with Crippen LogP contribution in [0, 0.1) is 17.8 Å². The number of nitrogens with zero attached hydrogens (tertiary/aromatic N) is 1. The number of ether oxygens (including phenoxy) is 6. The van der Waals surface area contributed by atoms with E-state index in [0.717, 1.165) is 0 Å². The van der Waals surface area contributed by atoms with Gasteiger partial charge in [-0.15, -0.1) is 6.58 Å². The van der Waals surface area contributed by atoms with Crippen molar-refractivity contribution in [3.63, 3.8) is 0 Å². The molecule has 0 aliphatic carbocycles. The van der Waals surface area contributed by atoms with E-state index in [-0.39, 0.29) is 37.2 Å². The van der Waals surface area contributed by atoms with Crippen molar-refractivity contribution in [1.82, 2.24) is 4.90 Å². The van der Waals surface area contributed by atoms with E-state index in [4.69, 9.17) is 28.4 Å². The van der Waals surface area contributed by atoms with E-state index in [9.17, 15) is 29.1 Å². The molecular formula is C36H57NO12. The number of Topliss-reactive ketones (excluding diaryl/α,β-unsaturated/α-hetero) is 2. The average molecular weight is 696 g/mol. The van der Waals surface area contributed by atoms with Crippen LogP contribution in [0.2, 0.25) is 0 Å². The maximum absolute atomic E-state index is 14.2. The molecule has 13 heteroatoms. The van der Waals surface area contributed by atoms with Gasteiger partial charge in [-0.25, -0.2) is 0 Å². The van der Waals surface area contributed by atoms with Crippen LogP contribution in [0.3, 0.4) is 0 Å². The van der Waals surface area contributed by atoms with Crippen LogP contribution in [-0.4, -0.2) is 115 Å². The van der Waals surface area contributed by atoms with Gasteiger partial charge < -0.3 is 38.4 Å². The van der Waals surface area contributed by atoms with Gasteiger partial charge in [-0.2, -0.15) is 0 Å². The predicted molar refractivity (Wildman–Crippen MR) is 179 cm³/mol. The molecule has 2 aliphatic heterocycles. The van der Waals surface area contributed by atoms with Crippen LogP contribution in [0.25, 0.3) is 0 Å². The van der Waals surface area contributed by atoms with Crippen LogP contribution in [0.15, 0.2) is 24.3 Å². The van der Waals surface area contributed by atoms with Crippen molar-refractivity contribution in [3.8, 4) is 0 Å². The highest BCUT2D eigenvalue weighted by Gasteiger charge is 2.51. The zero-order valence-corrected chi connectivity index (χ0v) is 31.0. The molecule has 0 aromatic heterocycles. The molecule has 13 nitrogen and oxygen atoms in total. The third kappa shape index (κ3) is 11.0. The third-order valence-corrected chi connectivity index (χ3v) is 9.30. The number of carbonyl (C=O) groups is 5. The van der Waals surface area contributed by atoms with E-state index in [0.29, 0.717) is 6.42 Å². The Labute approximate surface area is 290 Å². The largest absolute Gasteiger partial charge is 0.461 e. The zero-order chi connectivity index (χ0) is 37.4. The van der Waals surface area contributed by atoms with Crippen molar-refractivity contribution in [2.24, 2.45) is 17.8 Å². The lowest BCUT2D eigenvalue weighted by atomic mass is 9.76. The summed E-state index contributed by atoms with van der Waals surface area (Å²) >= 11 is 0. The lowest BCUT2D eigenvalue weighted by Crippen LogP contribution is -2.60. The smallest absolute Gasteiger partial charge is 0.316 e. The van der Waals surface area contributed by atoms with E-state index in [2.05, 4.69) is 6.58 Å². The second-order valence-electron chi connectivity index (χ2n) is 14.0. The zero-order valence-electron chi connectivity index (χ0n) is 31.0. The van der Waals surface area contributed by atoms with Gasteiger partial charge in [0.15, 0.2) is 24.0 Å². The molecule has 0 saturated carbocycles. The van der Waals surface area contributed by atoms with Crippen LogP contribution in [-0.2, 0) is 52.4 Å². The Kier molecular flexibility index (Phi) is 15.3. The van der Waals surface area contributed by atoms with Crippen LogP contribution < -0.4 is 0 Å². The van der Waals surface area contributed by atoms with E-state index >= 15 is 0 Å². The van der Waals surface area contributed by atoms with Gasteiger partial charge in [-0.05, 0) is 67.1 Å². The molecule has 1 N–H and O–H groups in total. The summed E-state index contributed by atoms with van der Waals surface area (Å²) in [7, 11) is 3.70. The van der Waals surface area contributed by atoms with Gasteiger partial charge in [-0.3, -0.25) is 24.0 Å². The third-order valence-electron chi connectivity index (χ3n) is 9.30. The minimum atomic E-state index is -1.86. The summed E-state index contributed by atoms with van der Waals surface area (Å²) in [4.78, 5) is 67.8. The van der Waals surface area contributed by atoms with Crippen molar-refractivity contribution >= 4 is 29.5 Å². The molecule has 0 spiro atoms. The van der Waals surface area contributed by atoms with Gasteiger partial charge in [0.1, 0.15) is 24.2 Å². The molecule has 1 fully saturated rings. The fourth-order valence-electron chi connectivity index (χ4n) is 6.74. The molecule has 0 aromatic rings. The summed E-state index contributed by atoms with van der Waals surface area (Å²) in [5.74, 6) is -6.21. The Morgan fingerprint density at radius 3 is 2.27 bits per heavy atom. The highest BCUT2D eigenvalue weighted by Crippen LogP contribution is 2.38. The van der Waals surface area contributed by atoms with Crippen LogP contribution >= 0.6 is 0 Å². The first-order valence-corrected chi connectivity index (χ1v) is 16.9. The van der Waals surface area contributed by atoms with Crippen molar-refractivity contribution in [2.45, 2.75) is 130 Å². The highest BCUT2D eigenvalue weighted by atomic mass is 16.7. The molecule has 2 aliphatic rings. The van der Waals surface area contributed by atoms with Crippen LogP contribution in [0.1, 0.15) is 81.6 Å². The monoisotopic (exact) mass is 695 g/mol. The lowest BCUT2D eigenvalue weighted by molar-refractivity contribution is -0.299. The first kappa shape index (κ1) is 42.2. The quantitative estimate of drug-likeness (QED) is 0.153. The molecule has 2 rings (SSSR count). The number of rotatable bonds is 10. The van der Waals surface area contributed by atoms with Crippen molar-refractivity contribution in [3.05, 3.63) is 24.3 Å². The first-order chi connectivity index (χ1) is 22.7. The Bertz CT molecular complexity index is 1240. The van der Waals surface area contributed by atoms with E-state index in [1.807, 2.05) is 25.9 Å². The minimum absolute atomic E-state index is 0.00634. The molecule has 49 heavy (non-hydrogen) atoms. The number of likely N-dealkylation sites (N-methyl/N-ethyl adjacent to an activating group) is 1. The summed E-state index contributed by atoms with van der Waals surface area (Å²) < 4.78 is 36.0. The van der Waals surface area contributed by atoms with Crippen LogP contribution in [0.5, 0.6) is 0 Å². The van der Waals surface area contributed by atoms with Gasteiger partial charge in [0.2, 0.25) is 0 Å². The molecule has 0 radical (unpaired) electrons. The number of hydrogen-bond donors (Lipinski definition) is 1. The number of hydrogen-bond acceptors (Lipinski definition) is 13. The number of aliphatic hydroxyl groups is 1. The maximum Gasteiger partial charge on any atom is 0.316 e. The van der Waals surface area contributed by atoms with E-state index < -0.39 is 89.6 Å². The Hall–Kier alpha value is -2.97. The van der Waals surface area contributed by atoms with Gasteiger partial charge in [0.05, 0.1) is 30.5 Å². The summed E-state index contributed by atoms with van der Waals surface area (Å²) in [6.45, 7) is 17.1. The first-order valence-electron chi connectivity index (χ1n) is 16.9. The number of carbonyl (C=O) groups excluding carboxylic acids is 5. The number of cyclic esters (lactones) is 1. The molecule has 0 aromatic carbocycles. The van der Waals surface area contributed by atoms with Gasteiger partial charge in [0, 0.05) is 31.3 Å². The summed E-state index contributed by atoms with van der Waals surface area (Å²) in [5.41, 5.74) is -3.27. The van der Waals surface area contributed by atoms with Crippen LogP contribution in [0.4, 0.5) is 0 Å². The maximum atomic E-state index is 14.2. The minimum Gasteiger partial charge on any atom is -0.461 e. The van der Waals surface area contributed by atoms with Crippen molar-refractivity contribution in [2.75, 3.05) is 27.3 Å². The summed E-state index contributed by atoms with van der Waals surface area (Å²) in [5, 5.41) is 11.5. The fraction of sp³-hybridized carbons (Fsp3) is 0.750. The molecular weight excluding hydrogens is 638 g/mol. The Morgan fingerprint density at radius 2 is 1.73 bits per heavy atom. The molecule has 11 atom stereocenters. The SMILES string of the molecule is C=CCO[C@@]1(C)C[C@@H](C)C(=O)C(COC(C)=O)=C[C@](C)(O)[C@@H](CC)OC(=O)[C@H](C)C(=O)[C@H](C)[C@H]1OC1O[C@H](C)C[C@H](N(C)C)[C@H]1OC(C)=O. The average Bonchev–Trinajstić information content (AvgIpc) is 3.01. The van der Waals surface area contributed by atoms with Gasteiger partial charge >= 0.3 is 17.9 Å². The molecule has 1 unspecified atom stereocenters. The van der Waals surface area contributed by atoms with Gasteiger partial charge in [0.25, 0.3) is 0 Å². The van der Waals surface area contributed by atoms with E-state index in [1.54, 1.807) is 27.7 Å². The fourth-order valence-corrected chi connectivity index (χ4v) is 6.74. The standard InChI is InChI=1S/C36H57NO12/c1-13-15-45-36(10)17-20(3)29(40)26(19-44-24(7)38)18-35(9,43)28(14-2)48-33(42)23(6)30(41)22(5)32(36)49-34-31(47-25(8)39)27(37(11)12)16-21(4)46-34/h13,18,20-23,27-28,31-32,34,43H,1,14-17,19H2,2-12H3/t20-,21-,22+,23-,27+,28-,31-,32-,34?,35+,36+/m1/s1. The number of esters is 3. The second-order valence-corrected chi connectivity index (χ2v) is 14.0. The number of ketones is 2. The highest BCUT2D eigenvalue weighted by molar-refractivity contribution is 6.00. The summed E-state index contributed by atoms with van der Waals surface area (Å²) in [6, 6.07) is -0.301. The van der Waals surface area contributed by atoms with Crippen molar-refractivity contribution in [1.29, 1.82) is 0 Å². The van der Waals surface area contributed by atoms with E-state index in [1.165, 1.54) is 39.8 Å². The predicted octanol–water partition coefficient (Wildman–Crippen LogP) is 3.34. The lowest BCUT2D eigenvalue weighted by Gasteiger charge is -2.47. The molecule has 2 heterocycles. The molecule has 1 saturated heterocycles. The molecule has 0 amide bonds.